The average Bonchev–Trinajstić information content (AvgIpc) is 2.87. The Morgan fingerprint density at radius 1 is 0.825 bits per heavy atom. The summed E-state index contributed by atoms with van der Waals surface area (Å²) in [6, 6.07) is -6.05. The molecule has 5 amide bonds. The van der Waals surface area contributed by atoms with E-state index in [1.165, 1.54) is 6.92 Å². The van der Waals surface area contributed by atoms with Crippen LogP contribution in [-0.2, 0) is 28.8 Å². The molecule has 18 heteroatoms. The van der Waals surface area contributed by atoms with Gasteiger partial charge in [-0.05, 0) is 45.6 Å². The maximum absolute atomic E-state index is 13.1. The molecule has 17 nitrogen and oxygen atoms in total. The first-order chi connectivity index (χ1) is 18.7. The molecular formula is C22H42N10O7S. The summed E-state index contributed by atoms with van der Waals surface area (Å²) in [6.07, 6.45) is 0.954. The van der Waals surface area contributed by atoms with Gasteiger partial charge in [0.15, 0.2) is 5.96 Å². The second-order valence-electron chi connectivity index (χ2n) is 8.98. The van der Waals surface area contributed by atoms with E-state index < -0.39 is 72.1 Å². The van der Waals surface area contributed by atoms with Gasteiger partial charge in [-0.3, -0.25) is 29.4 Å². The molecule has 0 bridgehead atoms. The summed E-state index contributed by atoms with van der Waals surface area (Å²) in [6.45, 7) is 1.85. The number of carboxylic acids is 1. The number of aliphatic carboxylic acids is 1. The molecule has 0 aliphatic carbocycles. The fourth-order valence-corrected chi connectivity index (χ4v) is 3.44. The quantitative estimate of drug-likeness (QED) is 0.0278. The zero-order valence-electron chi connectivity index (χ0n) is 22.4. The summed E-state index contributed by atoms with van der Waals surface area (Å²) < 4.78 is 0. The Morgan fingerprint density at radius 2 is 1.35 bits per heavy atom. The number of guanidine groups is 1. The van der Waals surface area contributed by atoms with E-state index in [0.717, 1.165) is 0 Å². The first-order valence-electron chi connectivity index (χ1n) is 12.6. The highest BCUT2D eigenvalue weighted by Crippen LogP contribution is 2.05. The first kappa shape index (κ1) is 36.4. The molecule has 0 unspecified atom stereocenters. The fraction of sp³-hybridized carbons (Fsp3) is 0.682. The van der Waals surface area contributed by atoms with Crippen molar-refractivity contribution >= 4 is 54.1 Å². The van der Waals surface area contributed by atoms with Crippen LogP contribution in [0.3, 0.4) is 0 Å². The number of rotatable bonds is 20. The van der Waals surface area contributed by atoms with Gasteiger partial charge in [-0.15, -0.1) is 0 Å². The predicted octanol–water partition coefficient (Wildman–Crippen LogP) is -4.45. The second kappa shape index (κ2) is 19.4. The third-order valence-corrected chi connectivity index (χ3v) is 5.90. The lowest BCUT2D eigenvalue weighted by molar-refractivity contribution is -0.143. The summed E-state index contributed by atoms with van der Waals surface area (Å²) in [5.41, 5.74) is 21.5. The van der Waals surface area contributed by atoms with Crippen LogP contribution in [0.15, 0.2) is 0 Å². The predicted molar refractivity (Wildman–Crippen MR) is 149 cm³/mol. The minimum absolute atomic E-state index is 0.0410. The minimum atomic E-state index is -1.60. The molecule has 228 valence electrons. The molecule has 0 aromatic carbocycles. The molecule has 40 heavy (non-hydrogen) atoms. The summed E-state index contributed by atoms with van der Waals surface area (Å²) >= 11 is 3.98. The number of carbonyl (C=O) groups excluding carboxylic acids is 5. The maximum Gasteiger partial charge on any atom is 0.326 e. The van der Waals surface area contributed by atoms with Gasteiger partial charge in [0.25, 0.3) is 0 Å². The summed E-state index contributed by atoms with van der Waals surface area (Å²) in [5.74, 6) is -5.66. The molecule has 5 atom stereocenters. The standard InChI is InChI=1S/C22H42N10O7S/c1-11(17(34)32-15(21(38)39)9-16(25)33)29-19(36)14(6-4-8-28-22(26)27)31-20(37)13(5-2-3-7-23)30-18(35)12(24)10-40/h11-15,40H,2-10,23-24H2,1H3,(H2,25,33)(H,29,36)(H,30,35)(H,31,37)(H,32,34)(H,38,39)(H4,26,27,28)/t11-,12-,13-,14-,15-/m0/s1. The Balaban J connectivity index is 5.62. The minimum Gasteiger partial charge on any atom is -0.480 e. The Labute approximate surface area is 237 Å². The van der Waals surface area contributed by atoms with E-state index in [1.54, 1.807) is 0 Å². The second-order valence-corrected chi connectivity index (χ2v) is 9.34. The molecule has 0 saturated carbocycles. The number of amides is 5. The molecule has 0 rings (SSSR count). The van der Waals surface area contributed by atoms with Crippen molar-refractivity contribution in [2.75, 3.05) is 18.8 Å². The van der Waals surface area contributed by atoms with Gasteiger partial charge in [-0.1, -0.05) is 0 Å². The molecule has 0 aliphatic rings. The fourth-order valence-electron chi connectivity index (χ4n) is 3.27. The van der Waals surface area contributed by atoms with E-state index in [-0.39, 0.29) is 37.5 Å². The van der Waals surface area contributed by atoms with E-state index in [1.807, 2.05) is 0 Å². The van der Waals surface area contributed by atoms with Gasteiger partial charge in [0.2, 0.25) is 29.5 Å². The number of carbonyl (C=O) groups is 6. The molecule has 0 fully saturated rings. The number of unbranched alkanes of at least 4 members (excludes halogenated alkanes) is 1. The van der Waals surface area contributed by atoms with Crippen molar-refractivity contribution < 1.29 is 33.9 Å². The Hall–Kier alpha value is -3.64. The topological polar surface area (TPSA) is 311 Å². The van der Waals surface area contributed by atoms with Crippen molar-refractivity contribution in [2.45, 2.75) is 75.7 Å². The van der Waals surface area contributed by atoms with Gasteiger partial charge in [0.1, 0.15) is 24.2 Å². The smallest absolute Gasteiger partial charge is 0.326 e. The van der Waals surface area contributed by atoms with Crippen molar-refractivity contribution in [3.8, 4) is 0 Å². The lowest BCUT2D eigenvalue weighted by atomic mass is 10.1. The summed E-state index contributed by atoms with van der Waals surface area (Å²) in [7, 11) is 0. The van der Waals surface area contributed by atoms with E-state index in [0.29, 0.717) is 19.4 Å². The van der Waals surface area contributed by atoms with Crippen LogP contribution in [0, 0.1) is 5.41 Å². The highest BCUT2D eigenvalue weighted by Gasteiger charge is 2.30. The molecule has 0 radical (unpaired) electrons. The number of hydrogen-bond acceptors (Lipinski definition) is 10. The van der Waals surface area contributed by atoms with Gasteiger partial charge in [0, 0.05) is 12.3 Å². The molecule has 0 saturated heterocycles. The highest BCUT2D eigenvalue weighted by atomic mass is 32.1. The van der Waals surface area contributed by atoms with E-state index >= 15 is 0 Å². The monoisotopic (exact) mass is 590 g/mol. The number of carboxylic acid groups (broad SMARTS) is 1. The molecule has 0 aromatic rings. The van der Waals surface area contributed by atoms with Crippen LogP contribution < -0.4 is 49.5 Å². The molecule has 0 heterocycles. The molecule has 0 aromatic heterocycles. The highest BCUT2D eigenvalue weighted by molar-refractivity contribution is 7.80. The van der Waals surface area contributed by atoms with Crippen LogP contribution in [0.25, 0.3) is 0 Å². The zero-order chi connectivity index (χ0) is 30.8. The summed E-state index contributed by atoms with van der Waals surface area (Å²) in [4.78, 5) is 73.4. The van der Waals surface area contributed by atoms with Gasteiger partial charge < -0.3 is 54.6 Å². The van der Waals surface area contributed by atoms with Crippen LogP contribution in [0.2, 0.25) is 0 Å². The molecule has 0 spiro atoms. The number of primary amides is 1. The van der Waals surface area contributed by atoms with Crippen LogP contribution in [0.5, 0.6) is 0 Å². The number of nitrogens with two attached hydrogens (primary N) is 4. The van der Waals surface area contributed by atoms with Crippen molar-refractivity contribution in [1.29, 1.82) is 5.41 Å². The average molecular weight is 591 g/mol. The van der Waals surface area contributed by atoms with Crippen molar-refractivity contribution in [2.24, 2.45) is 22.9 Å². The Bertz CT molecular complexity index is 907. The van der Waals surface area contributed by atoms with Crippen LogP contribution in [-0.4, -0.2) is 95.6 Å². The number of hydrogen-bond donors (Lipinski definition) is 12. The SMILES string of the molecule is C[C@H](NC(=O)[C@H](CCCNC(=N)N)NC(=O)[C@H](CCCCN)NC(=O)[C@@H](N)CS)C(=O)N[C@@H](CC(N)=O)C(=O)O. The normalized spacial score (nSPS) is 14.4. The summed E-state index contributed by atoms with van der Waals surface area (Å²) in [5, 5.41) is 28.6. The van der Waals surface area contributed by atoms with Crippen molar-refractivity contribution in [3.63, 3.8) is 0 Å². The number of thiol groups is 1. The molecular weight excluding hydrogens is 548 g/mol. The van der Waals surface area contributed by atoms with Crippen LogP contribution in [0.1, 0.15) is 45.4 Å². The van der Waals surface area contributed by atoms with Gasteiger partial charge in [0.05, 0.1) is 12.5 Å². The van der Waals surface area contributed by atoms with Crippen LogP contribution in [0.4, 0.5) is 0 Å². The van der Waals surface area contributed by atoms with Crippen molar-refractivity contribution in [1.82, 2.24) is 26.6 Å². The lowest BCUT2D eigenvalue weighted by Crippen LogP contribution is -2.58. The van der Waals surface area contributed by atoms with E-state index in [4.69, 9.17) is 28.3 Å². The zero-order valence-corrected chi connectivity index (χ0v) is 23.3. The lowest BCUT2D eigenvalue weighted by Gasteiger charge is -2.25. The van der Waals surface area contributed by atoms with E-state index in [2.05, 4.69) is 39.2 Å². The van der Waals surface area contributed by atoms with Gasteiger partial charge in [-0.25, -0.2) is 4.79 Å². The Morgan fingerprint density at radius 3 is 1.85 bits per heavy atom. The molecule has 15 N–H and O–H groups in total. The largest absolute Gasteiger partial charge is 0.480 e. The molecule has 0 aliphatic heterocycles. The van der Waals surface area contributed by atoms with Crippen LogP contribution >= 0.6 is 12.6 Å². The van der Waals surface area contributed by atoms with Gasteiger partial charge in [-0.2, -0.15) is 12.6 Å². The third kappa shape index (κ3) is 15.1. The van der Waals surface area contributed by atoms with Crippen molar-refractivity contribution in [3.05, 3.63) is 0 Å². The first-order valence-corrected chi connectivity index (χ1v) is 13.2. The van der Waals surface area contributed by atoms with Gasteiger partial charge >= 0.3 is 5.97 Å². The maximum atomic E-state index is 13.1. The van der Waals surface area contributed by atoms with E-state index in [9.17, 15) is 33.9 Å². The third-order valence-electron chi connectivity index (χ3n) is 5.50. The Kier molecular flexibility index (Phi) is 17.7. The number of nitrogens with one attached hydrogen (secondary N) is 6.